The lowest BCUT2D eigenvalue weighted by atomic mass is 9.92. The largest absolute Gasteiger partial charge is 0.380 e. The molecule has 0 saturated carbocycles. The number of piperidine rings is 1. The minimum absolute atomic E-state index is 0. The van der Waals surface area contributed by atoms with Crippen molar-refractivity contribution in [2.24, 2.45) is 16.8 Å². The van der Waals surface area contributed by atoms with Crippen molar-refractivity contribution in [3.05, 3.63) is 0 Å². The third kappa shape index (κ3) is 11.5. The second-order valence-electron chi connectivity index (χ2n) is 6.80. The van der Waals surface area contributed by atoms with Gasteiger partial charge in [-0.15, -0.1) is 24.0 Å². The summed E-state index contributed by atoms with van der Waals surface area (Å²) in [4.78, 5) is 7.28. The molecule has 0 spiro atoms. The Bertz CT molecular complexity index is 318. The summed E-state index contributed by atoms with van der Waals surface area (Å²) in [5, 5.41) is 6.60. The van der Waals surface area contributed by atoms with Gasteiger partial charge in [-0.05, 0) is 51.5 Å². The molecule has 0 aliphatic carbocycles. The molecule has 0 aromatic carbocycles. The third-order valence-corrected chi connectivity index (χ3v) is 4.18. The maximum Gasteiger partial charge on any atom is 0.191 e. The number of ether oxygens (including phenoxy) is 1. The van der Waals surface area contributed by atoms with Crippen molar-refractivity contribution in [3.8, 4) is 0 Å². The molecule has 24 heavy (non-hydrogen) atoms. The Kier molecular flexibility index (Phi) is 15.1. The molecular weight excluding hydrogens is 415 g/mol. The maximum atomic E-state index is 5.34. The maximum absolute atomic E-state index is 5.34. The lowest BCUT2D eigenvalue weighted by Crippen LogP contribution is -2.39. The van der Waals surface area contributed by atoms with Gasteiger partial charge in [-0.1, -0.05) is 13.8 Å². The number of rotatable bonds is 10. The Morgan fingerprint density at radius 1 is 1.12 bits per heavy atom. The van der Waals surface area contributed by atoms with Crippen LogP contribution in [0.5, 0.6) is 0 Å². The second kappa shape index (κ2) is 15.2. The van der Waals surface area contributed by atoms with E-state index in [1.807, 2.05) is 6.92 Å². The van der Waals surface area contributed by atoms with Gasteiger partial charge in [0, 0.05) is 39.3 Å². The summed E-state index contributed by atoms with van der Waals surface area (Å²) in [7, 11) is 0. The fraction of sp³-hybridized carbons (Fsp3) is 0.944. The molecule has 1 aliphatic rings. The van der Waals surface area contributed by atoms with Gasteiger partial charge in [-0.25, -0.2) is 0 Å². The highest BCUT2D eigenvalue weighted by Gasteiger charge is 2.20. The minimum atomic E-state index is 0. The molecule has 144 valence electrons. The Hall–Kier alpha value is -0.0800. The molecule has 0 amide bonds. The third-order valence-electron chi connectivity index (χ3n) is 4.18. The lowest BCUT2D eigenvalue weighted by Gasteiger charge is -2.34. The van der Waals surface area contributed by atoms with Crippen LogP contribution in [-0.4, -0.2) is 63.3 Å². The predicted octanol–water partition coefficient (Wildman–Crippen LogP) is 2.95. The minimum Gasteiger partial charge on any atom is -0.380 e. The topological polar surface area (TPSA) is 48.9 Å². The molecule has 1 aliphatic heterocycles. The molecule has 1 rings (SSSR count). The van der Waals surface area contributed by atoms with E-state index in [4.69, 9.17) is 4.74 Å². The van der Waals surface area contributed by atoms with Gasteiger partial charge in [0.15, 0.2) is 5.96 Å². The van der Waals surface area contributed by atoms with Crippen molar-refractivity contribution in [1.29, 1.82) is 0 Å². The van der Waals surface area contributed by atoms with Crippen molar-refractivity contribution in [2.75, 3.05) is 52.5 Å². The van der Waals surface area contributed by atoms with Crippen molar-refractivity contribution >= 4 is 29.9 Å². The first-order valence-corrected chi connectivity index (χ1v) is 9.47. The summed E-state index contributed by atoms with van der Waals surface area (Å²) >= 11 is 0. The van der Waals surface area contributed by atoms with Crippen molar-refractivity contribution in [1.82, 2.24) is 15.5 Å². The number of guanidine groups is 1. The molecule has 2 N–H and O–H groups in total. The van der Waals surface area contributed by atoms with E-state index in [-0.39, 0.29) is 24.0 Å². The fourth-order valence-electron chi connectivity index (χ4n) is 3.34. The van der Waals surface area contributed by atoms with E-state index in [1.54, 1.807) is 0 Å². The number of aliphatic imine (C=N–C) groups is 1. The zero-order valence-corrected chi connectivity index (χ0v) is 18.5. The van der Waals surface area contributed by atoms with Crippen molar-refractivity contribution in [3.63, 3.8) is 0 Å². The Balaban J connectivity index is 0.00000529. The SMILES string of the molecule is CCNC(=NCCCCN1CC(C)CC(C)C1)NCCOCC.I. The Morgan fingerprint density at radius 2 is 1.83 bits per heavy atom. The molecule has 2 unspecified atom stereocenters. The average molecular weight is 454 g/mol. The normalized spacial score (nSPS) is 22.1. The number of unbranched alkanes of at least 4 members (excludes halogenated alkanes) is 1. The molecule has 0 radical (unpaired) electrons. The van der Waals surface area contributed by atoms with Crippen LogP contribution in [0.1, 0.15) is 47.0 Å². The van der Waals surface area contributed by atoms with Gasteiger partial charge in [0.2, 0.25) is 0 Å². The van der Waals surface area contributed by atoms with Crippen LogP contribution in [0.25, 0.3) is 0 Å². The van der Waals surface area contributed by atoms with Gasteiger partial charge in [0.1, 0.15) is 0 Å². The Labute approximate surface area is 166 Å². The van der Waals surface area contributed by atoms with E-state index in [0.717, 1.165) is 57.1 Å². The van der Waals surface area contributed by atoms with E-state index in [1.165, 1.54) is 32.5 Å². The molecule has 1 saturated heterocycles. The zero-order valence-electron chi connectivity index (χ0n) is 16.1. The standard InChI is InChI=1S/C18H38N4O.HI/c1-5-19-18(21-10-12-23-6-2)20-9-7-8-11-22-14-16(3)13-17(4)15-22;/h16-17H,5-15H2,1-4H3,(H2,19,20,21);1H. The van der Waals surface area contributed by atoms with Crippen LogP contribution < -0.4 is 10.6 Å². The molecule has 0 bridgehead atoms. The van der Waals surface area contributed by atoms with Gasteiger partial charge in [-0.2, -0.15) is 0 Å². The summed E-state index contributed by atoms with van der Waals surface area (Å²) < 4.78 is 5.34. The fourth-order valence-corrected chi connectivity index (χ4v) is 3.34. The average Bonchev–Trinajstić information content (AvgIpc) is 2.50. The van der Waals surface area contributed by atoms with Crippen LogP contribution in [0.3, 0.4) is 0 Å². The van der Waals surface area contributed by atoms with Crippen molar-refractivity contribution < 1.29 is 4.74 Å². The van der Waals surface area contributed by atoms with Crippen LogP contribution in [0, 0.1) is 11.8 Å². The molecule has 5 nitrogen and oxygen atoms in total. The number of hydrogen-bond acceptors (Lipinski definition) is 3. The monoisotopic (exact) mass is 454 g/mol. The van der Waals surface area contributed by atoms with Gasteiger partial charge in [-0.3, -0.25) is 4.99 Å². The first-order chi connectivity index (χ1) is 11.2. The molecule has 0 aromatic rings. The summed E-state index contributed by atoms with van der Waals surface area (Å²) in [6, 6.07) is 0. The van der Waals surface area contributed by atoms with Crippen LogP contribution in [-0.2, 0) is 4.74 Å². The lowest BCUT2D eigenvalue weighted by molar-refractivity contribution is 0.139. The van der Waals surface area contributed by atoms with Crippen LogP contribution in [0.2, 0.25) is 0 Å². The highest BCUT2D eigenvalue weighted by Crippen LogP contribution is 2.20. The number of hydrogen-bond donors (Lipinski definition) is 2. The van der Waals surface area contributed by atoms with Crippen molar-refractivity contribution in [2.45, 2.75) is 47.0 Å². The van der Waals surface area contributed by atoms with E-state index >= 15 is 0 Å². The second-order valence-corrected chi connectivity index (χ2v) is 6.80. The zero-order chi connectivity index (χ0) is 16.9. The molecule has 1 heterocycles. The predicted molar refractivity (Wildman–Crippen MR) is 115 cm³/mol. The van der Waals surface area contributed by atoms with Gasteiger partial charge in [0.05, 0.1) is 6.61 Å². The van der Waals surface area contributed by atoms with Crippen LogP contribution in [0.15, 0.2) is 4.99 Å². The smallest absolute Gasteiger partial charge is 0.191 e. The van der Waals surface area contributed by atoms with Gasteiger partial charge >= 0.3 is 0 Å². The van der Waals surface area contributed by atoms with E-state index in [2.05, 4.69) is 41.3 Å². The summed E-state index contributed by atoms with van der Waals surface area (Å²) in [6.07, 6.45) is 3.78. The summed E-state index contributed by atoms with van der Waals surface area (Å²) in [6.45, 7) is 16.7. The van der Waals surface area contributed by atoms with Crippen LogP contribution >= 0.6 is 24.0 Å². The quantitative estimate of drug-likeness (QED) is 0.231. The number of likely N-dealkylation sites (tertiary alicyclic amines) is 1. The summed E-state index contributed by atoms with van der Waals surface area (Å²) in [5.74, 6) is 2.62. The molecule has 0 aromatic heterocycles. The number of halogens is 1. The first-order valence-electron chi connectivity index (χ1n) is 9.47. The van der Waals surface area contributed by atoms with E-state index in [9.17, 15) is 0 Å². The molecule has 1 fully saturated rings. The highest BCUT2D eigenvalue weighted by atomic mass is 127. The number of nitrogens with zero attached hydrogens (tertiary/aromatic N) is 2. The van der Waals surface area contributed by atoms with E-state index in [0.29, 0.717) is 0 Å². The van der Waals surface area contributed by atoms with Gasteiger partial charge < -0.3 is 20.3 Å². The highest BCUT2D eigenvalue weighted by molar-refractivity contribution is 14.0. The van der Waals surface area contributed by atoms with E-state index < -0.39 is 0 Å². The number of nitrogens with one attached hydrogen (secondary N) is 2. The van der Waals surface area contributed by atoms with Crippen LogP contribution in [0.4, 0.5) is 0 Å². The Morgan fingerprint density at radius 3 is 2.46 bits per heavy atom. The molecular formula is C18H39IN4O. The molecule has 2 atom stereocenters. The summed E-state index contributed by atoms with van der Waals surface area (Å²) in [5.41, 5.74) is 0. The first kappa shape index (κ1) is 23.9. The van der Waals surface area contributed by atoms with Gasteiger partial charge in [0.25, 0.3) is 0 Å². The molecule has 6 heteroatoms.